The van der Waals surface area contributed by atoms with Gasteiger partial charge in [-0.2, -0.15) is 0 Å². The number of carbonyl (C=O) groups excluding carboxylic acids is 2. The minimum atomic E-state index is -0.766. The normalized spacial score (nSPS) is 10.6. The molecule has 0 radical (unpaired) electrons. The highest BCUT2D eigenvalue weighted by molar-refractivity contribution is 6.02. The summed E-state index contributed by atoms with van der Waals surface area (Å²) in [4.78, 5) is 23.5. The number of anilines is 2. The topological polar surface area (TPSA) is 76.7 Å². The third-order valence-corrected chi connectivity index (χ3v) is 3.30. The van der Waals surface area contributed by atoms with Crippen molar-refractivity contribution in [3.63, 3.8) is 0 Å². The lowest BCUT2D eigenvalue weighted by molar-refractivity contribution is -0.111. The number of halogens is 2. The van der Waals surface area contributed by atoms with Gasteiger partial charge in [0, 0.05) is 30.1 Å². The number of ether oxygens (including phenoxy) is 2. The van der Waals surface area contributed by atoms with Crippen LogP contribution in [-0.2, 0) is 14.3 Å². The third-order valence-electron chi connectivity index (χ3n) is 3.30. The smallest absolute Gasteiger partial charge is 0.411 e. The maximum absolute atomic E-state index is 13.5. The second-order valence-corrected chi connectivity index (χ2v) is 5.29. The number of rotatable bonds is 7. The van der Waals surface area contributed by atoms with E-state index >= 15 is 0 Å². The van der Waals surface area contributed by atoms with Crippen molar-refractivity contribution >= 4 is 29.5 Å². The zero-order chi connectivity index (χ0) is 19.6. The first-order valence-electron chi connectivity index (χ1n) is 7.95. The molecule has 0 unspecified atom stereocenters. The molecule has 2 aromatic carbocycles. The molecule has 0 atom stereocenters. The maximum Gasteiger partial charge on any atom is 0.411 e. The standard InChI is InChI=1S/C19H18F2N2O4/c1-26-10-11-27-19(25)23-14-5-2-4-13(12-14)22-18(24)9-8-15-16(20)6-3-7-17(15)21/h2-9,12H,10-11H2,1H3,(H,22,24)(H,23,25)/b9-8+. The zero-order valence-corrected chi connectivity index (χ0v) is 14.5. The van der Waals surface area contributed by atoms with Crippen molar-refractivity contribution in [1.82, 2.24) is 0 Å². The Hall–Kier alpha value is -3.26. The van der Waals surface area contributed by atoms with Gasteiger partial charge >= 0.3 is 6.09 Å². The van der Waals surface area contributed by atoms with Gasteiger partial charge < -0.3 is 14.8 Å². The predicted molar refractivity (Wildman–Crippen MR) is 97.3 cm³/mol. The van der Waals surface area contributed by atoms with E-state index in [-0.39, 0.29) is 18.8 Å². The van der Waals surface area contributed by atoms with Gasteiger partial charge in [-0.1, -0.05) is 12.1 Å². The van der Waals surface area contributed by atoms with Gasteiger partial charge in [0.15, 0.2) is 0 Å². The molecule has 0 fully saturated rings. The molecule has 27 heavy (non-hydrogen) atoms. The minimum Gasteiger partial charge on any atom is -0.447 e. The maximum atomic E-state index is 13.5. The molecule has 0 aliphatic heterocycles. The van der Waals surface area contributed by atoms with Crippen LogP contribution in [0.2, 0.25) is 0 Å². The van der Waals surface area contributed by atoms with Crippen LogP contribution in [0.15, 0.2) is 48.5 Å². The highest BCUT2D eigenvalue weighted by Crippen LogP contribution is 2.16. The lowest BCUT2D eigenvalue weighted by Gasteiger charge is -2.08. The molecule has 0 saturated carbocycles. The summed E-state index contributed by atoms with van der Waals surface area (Å²) >= 11 is 0. The number of nitrogens with one attached hydrogen (secondary N) is 2. The number of methoxy groups -OCH3 is 1. The molecule has 0 aliphatic carbocycles. The van der Waals surface area contributed by atoms with E-state index in [1.54, 1.807) is 18.2 Å². The Bertz CT molecular complexity index is 820. The average molecular weight is 376 g/mol. The predicted octanol–water partition coefficient (Wildman–Crippen LogP) is 3.81. The number of hydrogen-bond donors (Lipinski definition) is 2. The molecule has 0 aliphatic rings. The number of carbonyl (C=O) groups is 2. The van der Waals surface area contributed by atoms with Gasteiger partial charge in [-0.15, -0.1) is 0 Å². The van der Waals surface area contributed by atoms with Gasteiger partial charge in [-0.05, 0) is 36.4 Å². The number of amides is 2. The molecule has 2 N–H and O–H groups in total. The molecule has 2 aromatic rings. The summed E-state index contributed by atoms with van der Waals surface area (Å²) in [5.41, 5.74) is 0.481. The molecule has 2 rings (SSSR count). The van der Waals surface area contributed by atoms with Crippen LogP contribution in [0.25, 0.3) is 6.08 Å². The quantitative estimate of drug-likeness (QED) is 0.569. The van der Waals surface area contributed by atoms with E-state index in [0.717, 1.165) is 24.3 Å². The Morgan fingerprint density at radius 1 is 1.00 bits per heavy atom. The van der Waals surface area contributed by atoms with E-state index < -0.39 is 23.6 Å². The van der Waals surface area contributed by atoms with E-state index in [4.69, 9.17) is 9.47 Å². The summed E-state index contributed by atoms with van der Waals surface area (Å²) in [5, 5.41) is 5.04. The first-order valence-corrected chi connectivity index (χ1v) is 7.95. The average Bonchev–Trinajstić information content (AvgIpc) is 2.62. The highest BCUT2D eigenvalue weighted by atomic mass is 19.1. The van der Waals surface area contributed by atoms with Crippen LogP contribution < -0.4 is 10.6 Å². The van der Waals surface area contributed by atoms with E-state index in [1.807, 2.05) is 0 Å². The van der Waals surface area contributed by atoms with Crippen molar-refractivity contribution in [2.45, 2.75) is 0 Å². The zero-order valence-electron chi connectivity index (χ0n) is 14.5. The fraction of sp³-hybridized carbons (Fsp3) is 0.158. The molecular formula is C19H18F2N2O4. The SMILES string of the molecule is COCCOC(=O)Nc1cccc(NC(=O)/C=C/c2c(F)cccc2F)c1. The number of benzene rings is 2. The fourth-order valence-electron chi connectivity index (χ4n) is 2.06. The summed E-state index contributed by atoms with van der Waals surface area (Å²) in [6.07, 6.45) is 1.40. The van der Waals surface area contributed by atoms with Gasteiger partial charge in [0.05, 0.1) is 6.61 Å². The van der Waals surface area contributed by atoms with E-state index in [0.29, 0.717) is 11.4 Å². The molecule has 6 nitrogen and oxygen atoms in total. The summed E-state index contributed by atoms with van der Waals surface area (Å²) in [5.74, 6) is -2.12. The van der Waals surface area contributed by atoms with Crippen molar-refractivity contribution in [2.24, 2.45) is 0 Å². The Morgan fingerprint density at radius 2 is 1.63 bits per heavy atom. The van der Waals surface area contributed by atoms with E-state index in [9.17, 15) is 18.4 Å². The Kier molecular flexibility index (Phi) is 7.45. The molecular weight excluding hydrogens is 358 g/mol. The first-order chi connectivity index (χ1) is 13.0. The highest BCUT2D eigenvalue weighted by Gasteiger charge is 2.07. The van der Waals surface area contributed by atoms with Crippen LogP contribution in [0.4, 0.5) is 25.0 Å². The molecule has 8 heteroatoms. The van der Waals surface area contributed by atoms with Gasteiger partial charge in [-0.3, -0.25) is 10.1 Å². The summed E-state index contributed by atoms with van der Waals surface area (Å²) < 4.78 is 36.7. The van der Waals surface area contributed by atoms with Crippen LogP contribution in [0, 0.1) is 11.6 Å². The Morgan fingerprint density at radius 3 is 2.30 bits per heavy atom. The van der Waals surface area contributed by atoms with Crippen molar-refractivity contribution in [3.8, 4) is 0 Å². The van der Waals surface area contributed by atoms with Crippen LogP contribution in [0.3, 0.4) is 0 Å². The second kappa shape index (κ2) is 10.0. The Labute approximate surface area is 154 Å². The summed E-state index contributed by atoms with van der Waals surface area (Å²) in [6, 6.07) is 9.76. The Balaban J connectivity index is 1.96. The fourth-order valence-corrected chi connectivity index (χ4v) is 2.06. The number of hydrogen-bond acceptors (Lipinski definition) is 4. The largest absolute Gasteiger partial charge is 0.447 e. The van der Waals surface area contributed by atoms with Gasteiger partial charge in [0.1, 0.15) is 18.2 Å². The summed E-state index contributed by atoms with van der Waals surface area (Å²) in [7, 11) is 1.49. The lowest BCUT2D eigenvalue weighted by atomic mass is 10.2. The lowest BCUT2D eigenvalue weighted by Crippen LogP contribution is -2.16. The minimum absolute atomic E-state index is 0.107. The van der Waals surface area contributed by atoms with Crippen LogP contribution in [0.1, 0.15) is 5.56 Å². The third kappa shape index (κ3) is 6.52. The molecule has 0 bridgehead atoms. The van der Waals surface area contributed by atoms with Crippen LogP contribution in [-0.4, -0.2) is 32.3 Å². The van der Waals surface area contributed by atoms with Crippen molar-refractivity contribution in [2.75, 3.05) is 31.0 Å². The molecule has 0 aromatic heterocycles. The van der Waals surface area contributed by atoms with Crippen LogP contribution in [0.5, 0.6) is 0 Å². The van der Waals surface area contributed by atoms with E-state index in [1.165, 1.54) is 19.2 Å². The van der Waals surface area contributed by atoms with Gasteiger partial charge in [-0.25, -0.2) is 13.6 Å². The van der Waals surface area contributed by atoms with Gasteiger partial charge in [0.25, 0.3) is 0 Å². The molecule has 0 saturated heterocycles. The van der Waals surface area contributed by atoms with Crippen molar-refractivity contribution in [3.05, 3.63) is 65.7 Å². The van der Waals surface area contributed by atoms with Crippen molar-refractivity contribution < 1.29 is 27.8 Å². The second-order valence-electron chi connectivity index (χ2n) is 5.29. The summed E-state index contributed by atoms with van der Waals surface area (Å²) in [6.45, 7) is 0.384. The van der Waals surface area contributed by atoms with Crippen LogP contribution >= 0.6 is 0 Å². The monoisotopic (exact) mass is 376 g/mol. The van der Waals surface area contributed by atoms with Crippen molar-refractivity contribution in [1.29, 1.82) is 0 Å². The van der Waals surface area contributed by atoms with Gasteiger partial charge in [0.2, 0.25) is 5.91 Å². The molecule has 2 amide bonds. The molecule has 0 spiro atoms. The molecule has 142 valence electrons. The molecule has 0 heterocycles. The first kappa shape index (κ1) is 20.1. The van der Waals surface area contributed by atoms with E-state index in [2.05, 4.69) is 10.6 Å².